The van der Waals surface area contributed by atoms with Gasteiger partial charge in [0.2, 0.25) is 0 Å². The van der Waals surface area contributed by atoms with Crippen LogP contribution in [0.5, 0.6) is 0 Å². The summed E-state index contributed by atoms with van der Waals surface area (Å²) in [6.07, 6.45) is 2.49. The summed E-state index contributed by atoms with van der Waals surface area (Å²) in [6, 6.07) is 18.8. The first-order valence-corrected chi connectivity index (χ1v) is 11.2. The lowest BCUT2D eigenvalue weighted by molar-refractivity contribution is 0.229. The molecule has 2 aromatic carbocycles. The Balaban J connectivity index is 0.00000256. The number of nitrogens with zero attached hydrogens (tertiary/aromatic N) is 3. The molecule has 0 N–H and O–H groups in total. The standard InChI is InChI=1S/C25H30ClN3.ClH/c1-3-28(4-2)18-19-12-14-29(15-13-19)25-17-23(20-8-6-5-7-9-20)27-24-16-21(26)10-11-22(24)25;/h5-11,16-17,19H,3-4,12-15,18H2,1-2H3;1H. The molecule has 0 aliphatic carbocycles. The van der Waals surface area contributed by atoms with Gasteiger partial charge in [-0.1, -0.05) is 55.8 Å². The van der Waals surface area contributed by atoms with Gasteiger partial charge in [0.05, 0.1) is 11.2 Å². The molecule has 0 spiro atoms. The Morgan fingerprint density at radius 3 is 2.37 bits per heavy atom. The molecule has 0 amide bonds. The molecule has 0 bridgehead atoms. The van der Waals surface area contributed by atoms with Gasteiger partial charge in [0.1, 0.15) is 0 Å². The van der Waals surface area contributed by atoms with Crippen LogP contribution >= 0.6 is 24.0 Å². The Bertz CT molecular complexity index is 949. The van der Waals surface area contributed by atoms with E-state index in [-0.39, 0.29) is 12.4 Å². The minimum Gasteiger partial charge on any atom is -0.371 e. The van der Waals surface area contributed by atoms with E-state index in [9.17, 15) is 0 Å². The number of piperidine rings is 1. The van der Waals surface area contributed by atoms with E-state index in [2.05, 4.69) is 60.0 Å². The molecule has 5 heteroatoms. The normalized spacial score (nSPS) is 14.9. The predicted octanol–water partition coefficient (Wildman–Crippen LogP) is 6.54. The number of anilines is 1. The second-order valence-corrected chi connectivity index (χ2v) is 8.41. The Morgan fingerprint density at radius 1 is 1.00 bits per heavy atom. The van der Waals surface area contributed by atoms with Gasteiger partial charge in [-0.15, -0.1) is 12.4 Å². The van der Waals surface area contributed by atoms with E-state index in [4.69, 9.17) is 16.6 Å². The molecule has 4 rings (SSSR count). The number of hydrogen-bond donors (Lipinski definition) is 0. The molecule has 0 atom stereocenters. The number of benzene rings is 2. The SMILES string of the molecule is CCN(CC)CC1CCN(c2cc(-c3ccccc3)nc3cc(Cl)ccc23)CC1.Cl. The van der Waals surface area contributed by atoms with Crippen molar-refractivity contribution in [1.29, 1.82) is 0 Å². The van der Waals surface area contributed by atoms with Gasteiger partial charge in [0.15, 0.2) is 0 Å². The summed E-state index contributed by atoms with van der Waals surface area (Å²) < 4.78 is 0. The molecule has 1 aliphatic rings. The molecule has 3 nitrogen and oxygen atoms in total. The van der Waals surface area contributed by atoms with Crippen molar-refractivity contribution in [2.45, 2.75) is 26.7 Å². The maximum absolute atomic E-state index is 6.29. The van der Waals surface area contributed by atoms with Crippen LogP contribution < -0.4 is 4.90 Å². The van der Waals surface area contributed by atoms with Gasteiger partial charge in [-0.25, -0.2) is 4.98 Å². The third kappa shape index (κ3) is 5.08. The predicted molar refractivity (Wildman–Crippen MR) is 132 cm³/mol. The zero-order chi connectivity index (χ0) is 20.2. The third-order valence-electron chi connectivity index (χ3n) is 6.19. The van der Waals surface area contributed by atoms with Crippen molar-refractivity contribution in [3.63, 3.8) is 0 Å². The minimum absolute atomic E-state index is 0. The van der Waals surface area contributed by atoms with Crippen LogP contribution in [0.4, 0.5) is 5.69 Å². The smallest absolute Gasteiger partial charge is 0.0745 e. The second-order valence-electron chi connectivity index (χ2n) is 7.97. The topological polar surface area (TPSA) is 19.4 Å². The zero-order valence-corrected chi connectivity index (χ0v) is 19.4. The molecule has 1 saturated heterocycles. The van der Waals surface area contributed by atoms with Crippen LogP contribution in [-0.2, 0) is 0 Å². The van der Waals surface area contributed by atoms with Gasteiger partial charge < -0.3 is 9.80 Å². The zero-order valence-electron chi connectivity index (χ0n) is 17.9. The first-order valence-electron chi connectivity index (χ1n) is 10.8. The second kappa shape index (κ2) is 10.5. The molecule has 30 heavy (non-hydrogen) atoms. The number of fused-ring (bicyclic) bond motifs is 1. The number of halogens is 2. The molecular weight excluding hydrogens is 413 g/mol. The van der Waals surface area contributed by atoms with Crippen molar-refractivity contribution < 1.29 is 0 Å². The van der Waals surface area contributed by atoms with E-state index in [0.717, 1.165) is 53.9 Å². The van der Waals surface area contributed by atoms with Gasteiger partial charge in [-0.2, -0.15) is 0 Å². The molecule has 1 fully saturated rings. The van der Waals surface area contributed by atoms with Crippen molar-refractivity contribution >= 4 is 40.6 Å². The lowest BCUT2D eigenvalue weighted by Gasteiger charge is -2.36. The summed E-state index contributed by atoms with van der Waals surface area (Å²) in [6.45, 7) is 10.2. The fraction of sp³-hybridized carbons (Fsp3) is 0.400. The van der Waals surface area contributed by atoms with E-state index in [1.54, 1.807) is 0 Å². The molecule has 0 radical (unpaired) electrons. The quantitative estimate of drug-likeness (QED) is 0.431. The first kappa shape index (κ1) is 22.9. The summed E-state index contributed by atoms with van der Waals surface area (Å²) in [4.78, 5) is 10.0. The summed E-state index contributed by atoms with van der Waals surface area (Å²) in [7, 11) is 0. The molecule has 1 aliphatic heterocycles. The fourth-order valence-electron chi connectivity index (χ4n) is 4.41. The van der Waals surface area contributed by atoms with Crippen LogP contribution in [0.3, 0.4) is 0 Å². The van der Waals surface area contributed by atoms with Gasteiger partial charge in [-0.05, 0) is 56.1 Å². The number of pyridine rings is 1. The van der Waals surface area contributed by atoms with Gasteiger partial charge in [0.25, 0.3) is 0 Å². The van der Waals surface area contributed by atoms with Gasteiger partial charge in [0, 0.05) is 41.3 Å². The van der Waals surface area contributed by atoms with Crippen LogP contribution in [0.15, 0.2) is 54.6 Å². The lowest BCUT2D eigenvalue weighted by Crippen LogP contribution is -2.38. The largest absolute Gasteiger partial charge is 0.371 e. The Hall–Kier alpha value is -1.81. The van der Waals surface area contributed by atoms with E-state index < -0.39 is 0 Å². The Kier molecular flexibility index (Phi) is 7.99. The third-order valence-corrected chi connectivity index (χ3v) is 6.42. The van der Waals surface area contributed by atoms with Crippen molar-refractivity contribution in [1.82, 2.24) is 9.88 Å². The van der Waals surface area contributed by atoms with Crippen molar-refractivity contribution in [2.24, 2.45) is 5.92 Å². The summed E-state index contributed by atoms with van der Waals surface area (Å²) in [5.41, 5.74) is 4.42. The van der Waals surface area contributed by atoms with Crippen molar-refractivity contribution in [2.75, 3.05) is 37.6 Å². The maximum Gasteiger partial charge on any atom is 0.0745 e. The molecular formula is C25H31Cl2N3. The monoisotopic (exact) mass is 443 g/mol. The number of rotatable bonds is 6. The lowest BCUT2D eigenvalue weighted by atomic mass is 9.95. The van der Waals surface area contributed by atoms with E-state index in [1.165, 1.54) is 30.5 Å². The molecule has 160 valence electrons. The first-order chi connectivity index (χ1) is 14.2. The molecule has 0 saturated carbocycles. The molecule has 1 aromatic heterocycles. The van der Waals surface area contributed by atoms with E-state index in [1.807, 2.05) is 18.2 Å². The van der Waals surface area contributed by atoms with Crippen molar-refractivity contribution in [3.05, 3.63) is 59.6 Å². The highest BCUT2D eigenvalue weighted by Crippen LogP contribution is 2.34. The van der Waals surface area contributed by atoms with E-state index >= 15 is 0 Å². The van der Waals surface area contributed by atoms with Crippen LogP contribution in [0.25, 0.3) is 22.2 Å². The van der Waals surface area contributed by atoms with Gasteiger partial charge >= 0.3 is 0 Å². The number of aromatic nitrogens is 1. The van der Waals surface area contributed by atoms with Crippen LogP contribution in [0.2, 0.25) is 5.02 Å². The number of hydrogen-bond acceptors (Lipinski definition) is 3. The Morgan fingerprint density at radius 2 is 1.70 bits per heavy atom. The highest BCUT2D eigenvalue weighted by Gasteiger charge is 2.23. The average Bonchev–Trinajstić information content (AvgIpc) is 2.77. The van der Waals surface area contributed by atoms with E-state index in [0.29, 0.717) is 0 Å². The maximum atomic E-state index is 6.29. The minimum atomic E-state index is 0. The highest BCUT2D eigenvalue weighted by atomic mass is 35.5. The molecule has 2 heterocycles. The molecule has 0 unspecified atom stereocenters. The van der Waals surface area contributed by atoms with Crippen LogP contribution in [0, 0.1) is 5.92 Å². The molecule has 3 aromatic rings. The summed E-state index contributed by atoms with van der Waals surface area (Å²) in [5, 5.41) is 1.93. The van der Waals surface area contributed by atoms with Crippen LogP contribution in [0.1, 0.15) is 26.7 Å². The van der Waals surface area contributed by atoms with Gasteiger partial charge in [-0.3, -0.25) is 0 Å². The van der Waals surface area contributed by atoms with Crippen LogP contribution in [-0.4, -0.2) is 42.6 Å². The fourth-order valence-corrected chi connectivity index (χ4v) is 4.57. The summed E-state index contributed by atoms with van der Waals surface area (Å²) >= 11 is 6.29. The van der Waals surface area contributed by atoms with Crippen molar-refractivity contribution in [3.8, 4) is 11.3 Å². The summed E-state index contributed by atoms with van der Waals surface area (Å²) in [5.74, 6) is 0.794. The average molecular weight is 444 g/mol. The highest BCUT2D eigenvalue weighted by molar-refractivity contribution is 6.31. The Labute approximate surface area is 191 Å².